The van der Waals surface area contributed by atoms with Gasteiger partial charge < -0.3 is 30.3 Å². The standard InChI is InChI=1S/C17H24N2O6/c1-10(21)18-14-15(19-11(2)22)17(25-13(8-20)16(14)23)24-9-12-6-4-3-5-7-12/h3-7,13-17,20,23H,8-9H2,1-2H3,(H,18,21)(H,19,22)/t13-,14+,15+,16+,17-/m1/s1. The second-order valence-corrected chi connectivity index (χ2v) is 5.97. The van der Waals surface area contributed by atoms with Crippen LogP contribution in [0.5, 0.6) is 0 Å². The first kappa shape index (κ1) is 19.3. The predicted molar refractivity (Wildman–Crippen MR) is 88.2 cm³/mol. The van der Waals surface area contributed by atoms with E-state index in [1.54, 1.807) is 0 Å². The van der Waals surface area contributed by atoms with Crippen molar-refractivity contribution in [3.8, 4) is 0 Å². The van der Waals surface area contributed by atoms with E-state index in [0.717, 1.165) is 5.56 Å². The van der Waals surface area contributed by atoms with Crippen molar-refractivity contribution >= 4 is 11.8 Å². The first-order valence-electron chi connectivity index (χ1n) is 8.06. The Morgan fingerprint density at radius 3 is 2.28 bits per heavy atom. The molecule has 8 heteroatoms. The fourth-order valence-corrected chi connectivity index (χ4v) is 2.80. The van der Waals surface area contributed by atoms with Gasteiger partial charge in [0.15, 0.2) is 6.29 Å². The molecule has 8 nitrogen and oxygen atoms in total. The molecule has 1 aliphatic heterocycles. The maximum Gasteiger partial charge on any atom is 0.217 e. The van der Waals surface area contributed by atoms with Gasteiger partial charge in [0, 0.05) is 13.8 Å². The number of hydrogen-bond acceptors (Lipinski definition) is 6. The lowest BCUT2D eigenvalue weighted by molar-refractivity contribution is -0.253. The SMILES string of the molecule is CC(=O)N[C@@H]1[C@H](OCc2ccccc2)O[C@H](CO)[C@H](O)[C@H]1NC(C)=O. The maximum atomic E-state index is 11.6. The van der Waals surface area contributed by atoms with E-state index in [1.165, 1.54) is 13.8 Å². The molecule has 2 amide bonds. The van der Waals surface area contributed by atoms with Gasteiger partial charge in [-0.2, -0.15) is 0 Å². The van der Waals surface area contributed by atoms with Crippen molar-refractivity contribution in [2.75, 3.05) is 6.61 Å². The van der Waals surface area contributed by atoms with E-state index in [4.69, 9.17) is 9.47 Å². The number of aliphatic hydroxyl groups is 2. The Kier molecular flexibility index (Phi) is 6.89. The number of nitrogens with one attached hydrogen (secondary N) is 2. The van der Waals surface area contributed by atoms with Gasteiger partial charge in [-0.3, -0.25) is 9.59 Å². The number of carbonyl (C=O) groups is 2. The van der Waals surface area contributed by atoms with Gasteiger partial charge in [-0.25, -0.2) is 0 Å². The molecule has 1 aromatic rings. The molecule has 0 aliphatic carbocycles. The molecule has 138 valence electrons. The van der Waals surface area contributed by atoms with Crippen LogP contribution in [0.15, 0.2) is 30.3 Å². The van der Waals surface area contributed by atoms with E-state index < -0.39 is 37.2 Å². The van der Waals surface area contributed by atoms with Crippen molar-refractivity contribution in [2.24, 2.45) is 0 Å². The lowest BCUT2D eigenvalue weighted by Gasteiger charge is -2.44. The summed E-state index contributed by atoms with van der Waals surface area (Å²) >= 11 is 0. The molecule has 1 fully saturated rings. The smallest absolute Gasteiger partial charge is 0.217 e. The van der Waals surface area contributed by atoms with Crippen LogP contribution in [0.25, 0.3) is 0 Å². The van der Waals surface area contributed by atoms with Crippen LogP contribution >= 0.6 is 0 Å². The van der Waals surface area contributed by atoms with Crippen molar-refractivity contribution in [1.29, 1.82) is 0 Å². The lowest BCUT2D eigenvalue weighted by Crippen LogP contribution is -2.69. The summed E-state index contributed by atoms with van der Waals surface area (Å²) < 4.78 is 11.4. The van der Waals surface area contributed by atoms with E-state index in [9.17, 15) is 19.8 Å². The summed E-state index contributed by atoms with van der Waals surface area (Å²) in [6.07, 6.45) is -3.08. The molecule has 1 aromatic carbocycles. The summed E-state index contributed by atoms with van der Waals surface area (Å²) in [5, 5.41) is 25.1. The van der Waals surface area contributed by atoms with Crippen molar-refractivity contribution in [1.82, 2.24) is 10.6 Å². The molecule has 0 spiro atoms. The normalized spacial score (nSPS) is 29.0. The molecule has 1 saturated heterocycles. The van der Waals surface area contributed by atoms with Gasteiger partial charge >= 0.3 is 0 Å². The summed E-state index contributed by atoms with van der Waals surface area (Å²) in [4.78, 5) is 23.0. The Morgan fingerprint density at radius 1 is 1.12 bits per heavy atom. The number of ether oxygens (including phenoxy) is 2. The first-order chi connectivity index (χ1) is 11.9. The zero-order valence-electron chi connectivity index (χ0n) is 14.2. The molecule has 0 unspecified atom stereocenters. The summed E-state index contributed by atoms with van der Waals surface area (Å²) in [6, 6.07) is 7.71. The molecule has 0 radical (unpaired) electrons. The number of aliphatic hydroxyl groups excluding tert-OH is 2. The third kappa shape index (κ3) is 5.23. The van der Waals surface area contributed by atoms with E-state index in [0.29, 0.717) is 0 Å². The van der Waals surface area contributed by atoms with Gasteiger partial charge in [-0.1, -0.05) is 30.3 Å². The van der Waals surface area contributed by atoms with Crippen LogP contribution in [-0.4, -0.2) is 59.2 Å². The van der Waals surface area contributed by atoms with E-state index in [-0.39, 0.29) is 18.4 Å². The predicted octanol–water partition coefficient (Wildman–Crippen LogP) is -0.709. The third-order valence-corrected chi connectivity index (χ3v) is 3.91. The zero-order chi connectivity index (χ0) is 18.4. The quantitative estimate of drug-likeness (QED) is 0.537. The molecule has 0 saturated carbocycles. The van der Waals surface area contributed by atoms with Crippen molar-refractivity contribution in [3.05, 3.63) is 35.9 Å². The average molecular weight is 352 g/mol. The second-order valence-electron chi connectivity index (χ2n) is 5.97. The minimum absolute atomic E-state index is 0.211. The van der Waals surface area contributed by atoms with Crippen LogP contribution in [-0.2, 0) is 25.7 Å². The van der Waals surface area contributed by atoms with E-state index in [1.807, 2.05) is 30.3 Å². The Labute approximate surface area is 146 Å². The number of benzene rings is 1. The fraction of sp³-hybridized carbons (Fsp3) is 0.529. The van der Waals surface area contributed by atoms with Crippen LogP contribution in [0.3, 0.4) is 0 Å². The molecular formula is C17H24N2O6. The second kappa shape index (κ2) is 8.91. The summed E-state index contributed by atoms with van der Waals surface area (Å²) in [6.45, 7) is 2.39. The monoisotopic (exact) mass is 352 g/mol. The first-order valence-corrected chi connectivity index (χ1v) is 8.06. The van der Waals surface area contributed by atoms with Gasteiger partial charge in [0.2, 0.25) is 11.8 Å². The molecule has 4 N–H and O–H groups in total. The van der Waals surface area contributed by atoms with E-state index in [2.05, 4.69) is 10.6 Å². The highest BCUT2D eigenvalue weighted by Crippen LogP contribution is 2.23. The van der Waals surface area contributed by atoms with Gasteiger partial charge in [0.25, 0.3) is 0 Å². The lowest BCUT2D eigenvalue weighted by atomic mass is 9.94. The molecule has 1 aliphatic rings. The highest BCUT2D eigenvalue weighted by Gasteiger charge is 2.46. The van der Waals surface area contributed by atoms with E-state index >= 15 is 0 Å². The maximum absolute atomic E-state index is 11.6. The number of amides is 2. The van der Waals surface area contributed by atoms with Gasteiger partial charge in [-0.05, 0) is 5.56 Å². The summed E-state index contributed by atoms with van der Waals surface area (Å²) in [5.41, 5.74) is 0.899. The van der Waals surface area contributed by atoms with Crippen molar-refractivity contribution in [2.45, 2.75) is 51.0 Å². The molecule has 25 heavy (non-hydrogen) atoms. The number of hydrogen-bond donors (Lipinski definition) is 4. The molecular weight excluding hydrogens is 328 g/mol. The fourth-order valence-electron chi connectivity index (χ4n) is 2.80. The van der Waals surface area contributed by atoms with Crippen molar-refractivity contribution in [3.63, 3.8) is 0 Å². The Bertz CT molecular complexity index is 582. The molecule has 2 rings (SSSR count). The number of rotatable bonds is 6. The number of carbonyl (C=O) groups excluding carboxylic acids is 2. The Hall–Kier alpha value is -2.00. The van der Waals surface area contributed by atoms with Crippen LogP contribution in [0.1, 0.15) is 19.4 Å². The summed E-state index contributed by atoms with van der Waals surface area (Å²) in [5.74, 6) is -0.730. The Balaban J connectivity index is 2.19. The minimum atomic E-state index is -1.19. The van der Waals surface area contributed by atoms with Gasteiger partial charge in [-0.15, -0.1) is 0 Å². The summed E-state index contributed by atoms with van der Waals surface area (Å²) in [7, 11) is 0. The van der Waals surface area contributed by atoms with Crippen LogP contribution in [0, 0.1) is 0 Å². The largest absolute Gasteiger partial charge is 0.394 e. The molecule has 5 atom stereocenters. The zero-order valence-corrected chi connectivity index (χ0v) is 14.2. The average Bonchev–Trinajstić information content (AvgIpc) is 2.57. The van der Waals surface area contributed by atoms with Gasteiger partial charge in [0.1, 0.15) is 18.2 Å². The third-order valence-electron chi connectivity index (χ3n) is 3.91. The minimum Gasteiger partial charge on any atom is -0.394 e. The van der Waals surface area contributed by atoms with Gasteiger partial charge in [0.05, 0.1) is 19.3 Å². The van der Waals surface area contributed by atoms with Crippen LogP contribution < -0.4 is 10.6 Å². The topological polar surface area (TPSA) is 117 Å². The van der Waals surface area contributed by atoms with Crippen LogP contribution in [0.4, 0.5) is 0 Å². The molecule has 0 aromatic heterocycles. The molecule has 1 heterocycles. The highest BCUT2D eigenvalue weighted by atomic mass is 16.7. The Morgan fingerprint density at radius 2 is 1.72 bits per heavy atom. The van der Waals surface area contributed by atoms with Crippen molar-refractivity contribution < 1.29 is 29.3 Å². The van der Waals surface area contributed by atoms with Crippen LogP contribution in [0.2, 0.25) is 0 Å². The molecule has 0 bridgehead atoms. The highest BCUT2D eigenvalue weighted by molar-refractivity contribution is 5.75.